The van der Waals surface area contributed by atoms with Gasteiger partial charge in [0.15, 0.2) is 0 Å². The molecule has 0 spiro atoms. The first-order valence-electron chi connectivity index (χ1n) is 5.11. The first-order chi connectivity index (χ1) is 7.24. The molecule has 0 aliphatic carbocycles. The minimum absolute atomic E-state index is 0.176. The molecule has 90 valence electrons. The average Bonchev–Trinajstić information content (AvgIpc) is 2.16. The molecule has 1 aromatic rings. The van der Waals surface area contributed by atoms with Gasteiger partial charge in [-0.1, -0.05) is 32.0 Å². The monoisotopic (exact) mass is 231 g/mol. The maximum atomic E-state index is 12.5. The van der Waals surface area contributed by atoms with Crippen LogP contribution in [0.3, 0.4) is 0 Å². The van der Waals surface area contributed by atoms with Gasteiger partial charge in [0.1, 0.15) is 0 Å². The summed E-state index contributed by atoms with van der Waals surface area (Å²) in [7, 11) is 0. The van der Waals surface area contributed by atoms with Crippen molar-refractivity contribution >= 4 is 0 Å². The van der Waals surface area contributed by atoms with Crippen LogP contribution in [0.4, 0.5) is 13.2 Å². The van der Waals surface area contributed by atoms with Crippen molar-refractivity contribution in [3.63, 3.8) is 0 Å². The van der Waals surface area contributed by atoms with Gasteiger partial charge in [-0.15, -0.1) is 0 Å². The van der Waals surface area contributed by atoms with E-state index in [2.05, 4.69) is 0 Å². The van der Waals surface area contributed by atoms with Crippen molar-refractivity contribution in [1.29, 1.82) is 0 Å². The van der Waals surface area contributed by atoms with Crippen LogP contribution in [0.25, 0.3) is 0 Å². The zero-order valence-electron chi connectivity index (χ0n) is 9.43. The minimum Gasteiger partial charge on any atom is -0.330 e. The maximum absolute atomic E-state index is 12.5. The molecule has 0 radical (unpaired) electrons. The van der Waals surface area contributed by atoms with E-state index >= 15 is 0 Å². The van der Waals surface area contributed by atoms with E-state index in [-0.39, 0.29) is 5.41 Å². The van der Waals surface area contributed by atoms with Crippen LogP contribution in [-0.2, 0) is 12.6 Å². The summed E-state index contributed by atoms with van der Waals surface area (Å²) in [6, 6.07) is 5.41. The third kappa shape index (κ3) is 3.52. The van der Waals surface area contributed by atoms with Gasteiger partial charge in [0.05, 0.1) is 5.56 Å². The molecule has 1 nitrogen and oxygen atoms in total. The van der Waals surface area contributed by atoms with Crippen LogP contribution >= 0.6 is 0 Å². The number of rotatable bonds is 3. The number of benzene rings is 1. The van der Waals surface area contributed by atoms with Crippen molar-refractivity contribution in [1.82, 2.24) is 0 Å². The topological polar surface area (TPSA) is 26.0 Å². The summed E-state index contributed by atoms with van der Waals surface area (Å²) in [5.41, 5.74) is 5.45. The van der Waals surface area contributed by atoms with E-state index in [9.17, 15) is 13.2 Å². The molecule has 0 bridgehead atoms. The molecule has 2 N–H and O–H groups in total. The lowest BCUT2D eigenvalue weighted by molar-refractivity contribution is -0.137. The van der Waals surface area contributed by atoms with Crippen LogP contribution in [0, 0.1) is 5.41 Å². The summed E-state index contributed by atoms with van der Waals surface area (Å²) in [4.78, 5) is 0. The summed E-state index contributed by atoms with van der Waals surface area (Å²) in [5, 5.41) is 0. The van der Waals surface area contributed by atoms with E-state index in [1.165, 1.54) is 12.1 Å². The first-order valence-corrected chi connectivity index (χ1v) is 5.11. The summed E-state index contributed by atoms with van der Waals surface area (Å²) in [6.45, 7) is 4.32. The molecular formula is C12H16F3N. The Balaban J connectivity index is 2.92. The third-order valence-electron chi connectivity index (χ3n) is 2.49. The average molecular weight is 231 g/mol. The van der Waals surface area contributed by atoms with Crippen LogP contribution in [0.1, 0.15) is 25.0 Å². The maximum Gasteiger partial charge on any atom is 0.416 e. The Bertz CT molecular complexity index is 356. The number of nitrogens with two attached hydrogens (primary N) is 1. The van der Waals surface area contributed by atoms with Crippen molar-refractivity contribution in [2.75, 3.05) is 6.54 Å². The SMILES string of the molecule is CC(C)(CN)Cc1cccc(C(F)(F)F)c1. The molecule has 0 amide bonds. The fourth-order valence-corrected chi connectivity index (χ4v) is 1.48. The fraction of sp³-hybridized carbons (Fsp3) is 0.500. The van der Waals surface area contributed by atoms with E-state index in [0.717, 1.165) is 6.07 Å². The lowest BCUT2D eigenvalue weighted by Gasteiger charge is -2.22. The zero-order chi connectivity index (χ0) is 12.4. The Morgan fingerprint density at radius 3 is 2.31 bits per heavy atom. The van der Waals surface area contributed by atoms with Gasteiger partial charge in [0, 0.05) is 0 Å². The molecule has 0 heterocycles. The number of alkyl halides is 3. The second-order valence-corrected chi connectivity index (χ2v) is 4.74. The molecule has 4 heteroatoms. The predicted molar refractivity (Wildman–Crippen MR) is 58.0 cm³/mol. The second kappa shape index (κ2) is 4.45. The molecule has 16 heavy (non-hydrogen) atoms. The van der Waals surface area contributed by atoms with Crippen molar-refractivity contribution in [3.05, 3.63) is 35.4 Å². The lowest BCUT2D eigenvalue weighted by atomic mass is 9.85. The van der Waals surface area contributed by atoms with Gasteiger partial charge in [-0.3, -0.25) is 0 Å². The first kappa shape index (κ1) is 13.0. The van der Waals surface area contributed by atoms with Crippen LogP contribution in [0.15, 0.2) is 24.3 Å². The fourth-order valence-electron chi connectivity index (χ4n) is 1.48. The van der Waals surface area contributed by atoms with E-state index in [0.29, 0.717) is 18.5 Å². The van der Waals surface area contributed by atoms with Crippen molar-refractivity contribution in [2.24, 2.45) is 11.1 Å². The van der Waals surface area contributed by atoms with E-state index < -0.39 is 11.7 Å². The largest absolute Gasteiger partial charge is 0.416 e. The third-order valence-corrected chi connectivity index (χ3v) is 2.49. The van der Waals surface area contributed by atoms with E-state index in [4.69, 9.17) is 5.73 Å². The van der Waals surface area contributed by atoms with Gasteiger partial charge < -0.3 is 5.73 Å². The highest BCUT2D eigenvalue weighted by Crippen LogP contribution is 2.30. The molecule has 0 unspecified atom stereocenters. The summed E-state index contributed by atoms with van der Waals surface area (Å²) in [6.07, 6.45) is -3.73. The molecule has 0 saturated carbocycles. The number of hydrogen-bond donors (Lipinski definition) is 1. The highest BCUT2D eigenvalue weighted by Gasteiger charge is 2.30. The molecule has 1 aromatic carbocycles. The van der Waals surface area contributed by atoms with Crippen molar-refractivity contribution < 1.29 is 13.2 Å². The quantitative estimate of drug-likeness (QED) is 0.849. The minimum atomic E-state index is -4.27. The highest BCUT2D eigenvalue weighted by molar-refractivity contribution is 5.26. The van der Waals surface area contributed by atoms with Crippen LogP contribution in [0.5, 0.6) is 0 Å². The van der Waals surface area contributed by atoms with Gasteiger partial charge in [-0.2, -0.15) is 13.2 Å². The predicted octanol–water partition coefficient (Wildman–Crippen LogP) is 3.23. The number of halogens is 3. The zero-order valence-corrected chi connectivity index (χ0v) is 9.43. The highest BCUT2D eigenvalue weighted by atomic mass is 19.4. The Morgan fingerprint density at radius 1 is 1.19 bits per heavy atom. The van der Waals surface area contributed by atoms with Gasteiger partial charge in [0.25, 0.3) is 0 Å². The molecule has 0 aromatic heterocycles. The Hall–Kier alpha value is -1.03. The van der Waals surface area contributed by atoms with Crippen LogP contribution in [0.2, 0.25) is 0 Å². The normalized spacial score (nSPS) is 12.9. The molecular weight excluding hydrogens is 215 g/mol. The van der Waals surface area contributed by atoms with Gasteiger partial charge in [0.2, 0.25) is 0 Å². The van der Waals surface area contributed by atoms with E-state index in [1.54, 1.807) is 6.07 Å². The van der Waals surface area contributed by atoms with Gasteiger partial charge in [-0.25, -0.2) is 0 Å². The molecule has 0 saturated heterocycles. The smallest absolute Gasteiger partial charge is 0.330 e. The molecule has 0 aliphatic rings. The summed E-state index contributed by atoms with van der Waals surface area (Å²) in [5.74, 6) is 0. The second-order valence-electron chi connectivity index (χ2n) is 4.74. The van der Waals surface area contributed by atoms with Gasteiger partial charge >= 0.3 is 6.18 Å². The van der Waals surface area contributed by atoms with Crippen molar-refractivity contribution in [2.45, 2.75) is 26.4 Å². The Morgan fingerprint density at radius 2 is 1.81 bits per heavy atom. The summed E-state index contributed by atoms with van der Waals surface area (Å²) < 4.78 is 37.4. The Kier molecular flexibility index (Phi) is 3.63. The molecule has 0 fully saturated rings. The molecule has 1 rings (SSSR count). The Labute approximate surface area is 93.5 Å². The molecule has 0 aliphatic heterocycles. The van der Waals surface area contributed by atoms with Crippen LogP contribution < -0.4 is 5.73 Å². The standard InChI is InChI=1S/C12H16F3N/c1-11(2,8-16)7-9-4-3-5-10(6-9)12(13,14)15/h3-6H,7-8,16H2,1-2H3. The van der Waals surface area contributed by atoms with Gasteiger partial charge in [-0.05, 0) is 30.0 Å². The molecule has 0 atom stereocenters. The lowest BCUT2D eigenvalue weighted by Crippen LogP contribution is -2.26. The number of hydrogen-bond acceptors (Lipinski definition) is 1. The van der Waals surface area contributed by atoms with E-state index in [1.807, 2.05) is 13.8 Å². The summed E-state index contributed by atoms with van der Waals surface area (Å²) >= 11 is 0. The van der Waals surface area contributed by atoms with Crippen molar-refractivity contribution in [3.8, 4) is 0 Å². The van der Waals surface area contributed by atoms with Crippen LogP contribution in [-0.4, -0.2) is 6.54 Å².